The van der Waals surface area contributed by atoms with Gasteiger partial charge in [0.2, 0.25) is 0 Å². The molecule has 0 bridgehead atoms. The Balaban J connectivity index is 2.42. The van der Waals surface area contributed by atoms with Crippen LogP contribution in [0.25, 0.3) is 0 Å². The second-order valence-electron chi connectivity index (χ2n) is 2.58. The number of ether oxygens (including phenoxy) is 1. The summed E-state index contributed by atoms with van der Waals surface area (Å²) >= 11 is 3.08. The van der Waals surface area contributed by atoms with Crippen molar-refractivity contribution in [3.63, 3.8) is 0 Å². The zero-order valence-electron chi connectivity index (χ0n) is 5.70. The summed E-state index contributed by atoms with van der Waals surface area (Å²) in [4.78, 5) is 0. The van der Waals surface area contributed by atoms with Gasteiger partial charge < -0.3 is 4.74 Å². The first-order valence-corrected chi connectivity index (χ1v) is 4.40. The molecule has 0 saturated carbocycles. The van der Waals surface area contributed by atoms with E-state index in [1.54, 1.807) is 0 Å². The van der Waals surface area contributed by atoms with Gasteiger partial charge in [0.05, 0.1) is 18.6 Å². The van der Waals surface area contributed by atoms with Gasteiger partial charge in [-0.3, -0.25) is 0 Å². The lowest BCUT2D eigenvalue weighted by Crippen LogP contribution is -2.23. The maximum atomic E-state index is 12.0. The van der Waals surface area contributed by atoms with Gasteiger partial charge in [0.25, 0.3) is 0 Å². The van der Waals surface area contributed by atoms with Gasteiger partial charge in [-0.15, -0.1) is 0 Å². The van der Waals surface area contributed by atoms with Crippen LogP contribution in [0.2, 0.25) is 0 Å². The van der Waals surface area contributed by atoms with Gasteiger partial charge in [-0.2, -0.15) is 13.2 Å². The normalized spacial score (nSPS) is 32.7. The Morgan fingerprint density at radius 3 is 2.36 bits per heavy atom. The third-order valence-corrected chi connectivity index (χ3v) is 2.44. The number of hydrogen-bond donors (Lipinski definition) is 0. The Morgan fingerprint density at radius 2 is 2.09 bits per heavy atom. The number of alkyl halides is 4. The fourth-order valence-electron chi connectivity index (χ4n) is 1.04. The van der Waals surface area contributed by atoms with Gasteiger partial charge in [0, 0.05) is 5.33 Å². The van der Waals surface area contributed by atoms with Crippen molar-refractivity contribution in [1.29, 1.82) is 0 Å². The molecule has 0 aliphatic carbocycles. The van der Waals surface area contributed by atoms with E-state index >= 15 is 0 Å². The van der Waals surface area contributed by atoms with Gasteiger partial charge >= 0.3 is 6.18 Å². The highest BCUT2D eigenvalue weighted by Gasteiger charge is 2.44. The molecule has 1 saturated heterocycles. The molecular formula is C6H8BrF3O. The van der Waals surface area contributed by atoms with E-state index in [0.29, 0.717) is 5.33 Å². The Bertz CT molecular complexity index is 136. The number of rotatable bonds is 1. The summed E-state index contributed by atoms with van der Waals surface area (Å²) in [5.74, 6) is -1.26. The van der Waals surface area contributed by atoms with Gasteiger partial charge in [0.15, 0.2) is 0 Å². The minimum atomic E-state index is -4.09. The molecule has 1 heterocycles. The Hall–Kier alpha value is 0.230. The van der Waals surface area contributed by atoms with Crippen molar-refractivity contribution in [2.75, 3.05) is 11.9 Å². The minimum Gasteiger partial charge on any atom is -0.377 e. The SMILES string of the molecule is FC(F)(F)C1COC(CBr)C1. The van der Waals surface area contributed by atoms with E-state index in [9.17, 15) is 13.2 Å². The molecule has 1 aliphatic rings. The van der Waals surface area contributed by atoms with Gasteiger partial charge in [-0.1, -0.05) is 15.9 Å². The largest absolute Gasteiger partial charge is 0.394 e. The van der Waals surface area contributed by atoms with E-state index in [2.05, 4.69) is 15.9 Å². The van der Waals surface area contributed by atoms with Crippen LogP contribution in [0.1, 0.15) is 6.42 Å². The summed E-state index contributed by atoms with van der Waals surface area (Å²) in [7, 11) is 0. The van der Waals surface area contributed by atoms with Gasteiger partial charge in [-0.05, 0) is 6.42 Å². The molecule has 0 N–H and O–H groups in total. The van der Waals surface area contributed by atoms with E-state index < -0.39 is 12.1 Å². The summed E-state index contributed by atoms with van der Waals surface area (Å²) in [6.45, 7) is -0.181. The quantitative estimate of drug-likeness (QED) is 0.631. The zero-order chi connectivity index (χ0) is 8.48. The zero-order valence-corrected chi connectivity index (χ0v) is 7.28. The van der Waals surface area contributed by atoms with E-state index in [-0.39, 0.29) is 19.1 Å². The molecule has 0 amide bonds. The lowest BCUT2D eigenvalue weighted by molar-refractivity contribution is -0.173. The van der Waals surface area contributed by atoms with Crippen LogP contribution in [0.3, 0.4) is 0 Å². The van der Waals surface area contributed by atoms with Gasteiger partial charge in [-0.25, -0.2) is 0 Å². The molecule has 1 rings (SSSR count). The van der Waals surface area contributed by atoms with Crippen molar-refractivity contribution in [3.8, 4) is 0 Å². The standard InChI is InChI=1S/C6H8BrF3O/c7-2-5-1-4(3-11-5)6(8,9)10/h4-5H,1-3H2. The average Bonchev–Trinajstić information content (AvgIpc) is 2.32. The van der Waals surface area contributed by atoms with Crippen molar-refractivity contribution in [2.24, 2.45) is 5.92 Å². The molecule has 0 radical (unpaired) electrons. The maximum absolute atomic E-state index is 12.0. The van der Waals surface area contributed by atoms with Crippen LogP contribution < -0.4 is 0 Å². The van der Waals surface area contributed by atoms with E-state index in [1.165, 1.54) is 0 Å². The van der Waals surface area contributed by atoms with E-state index in [0.717, 1.165) is 0 Å². The topological polar surface area (TPSA) is 9.23 Å². The summed E-state index contributed by atoms with van der Waals surface area (Å²) in [6, 6.07) is 0. The van der Waals surface area contributed by atoms with Crippen molar-refractivity contribution < 1.29 is 17.9 Å². The lowest BCUT2D eigenvalue weighted by atomic mass is 10.1. The fourth-order valence-corrected chi connectivity index (χ4v) is 1.49. The highest BCUT2D eigenvalue weighted by atomic mass is 79.9. The first-order valence-electron chi connectivity index (χ1n) is 3.28. The van der Waals surface area contributed by atoms with Crippen LogP contribution in [-0.4, -0.2) is 24.2 Å². The molecule has 5 heteroatoms. The highest BCUT2D eigenvalue weighted by Crippen LogP contribution is 2.35. The molecule has 0 aromatic heterocycles. The third kappa shape index (κ3) is 2.33. The molecule has 1 fully saturated rings. The second-order valence-corrected chi connectivity index (χ2v) is 3.23. The fraction of sp³-hybridized carbons (Fsp3) is 1.00. The molecule has 1 nitrogen and oxygen atoms in total. The predicted molar refractivity (Wildman–Crippen MR) is 37.7 cm³/mol. The summed E-state index contributed by atoms with van der Waals surface area (Å²) in [5, 5.41) is 0.486. The van der Waals surface area contributed by atoms with Crippen molar-refractivity contribution in [3.05, 3.63) is 0 Å². The Labute approximate surface area is 71.0 Å². The second kappa shape index (κ2) is 3.31. The van der Waals surface area contributed by atoms with E-state index in [1.807, 2.05) is 0 Å². The molecule has 2 atom stereocenters. The first kappa shape index (κ1) is 9.32. The Kier molecular flexibility index (Phi) is 2.80. The third-order valence-electron chi connectivity index (χ3n) is 1.72. The summed E-state index contributed by atoms with van der Waals surface area (Å²) < 4.78 is 40.8. The molecule has 2 unspecified atom stereocenters. The molecule has 66 valence electrons. The maximum Gasteiger partial charge on any atom is 0.394 e. The minimum absolute atomic E-state index is 0.0920. The van der Waals surface area contributed by atoms with Gasteiger partial charge in [0.1, 0.15) is 0 Å². The number of halogens is 4. The van der Waals surface area contributed by atoms with Crippen LogP contribution >= 0.6 is 15.9 Å². The molecular weight excluding hydrogens is 225 g/mol. The van der Waals surface area contributed by atoms with E-state index in [4.69, 9.17) is 4.74 Å². The predicted octanol–water partition coefficient (Wildman–Crippen LogP) is 2.35. The lowest BCUT2D eigenvalue weighted by Gasteiger charge is -2.11. The highest BCUT2D eigenvalue weighted by molar-refractivity contribution is 9.09. The molecule has 0 aromatic rings. The number of hydrogen-bond acceptors (Lipinski definition) is 1. The van der Waals surface area contributed by atoms with Crippen LogP contribution in [0.4, 0.5) is 13.2 Å². The monoisotopic (exact) mass is 232 g/mol. The Morgan fingerprint density at radius 1 is 1.45 bits per heavy atom. The smallest absolute Gasteiger partial charge is 0.377 e. The van der Waals surface area contributed by atoms with Crippen molar-refractivity contribution >= 4 is 15.9 Å². The molecule has 11 heavy (non-hydrogen) atoms. The van der Waals surface area contributed by atoms with Crippen molar-refractivity contribution in [1.82, 2.24) is 0 Å². The molecule has 0 spiro atoms. The van der Waals surface area contributed by atoms with Crippen molar-refractivity contribution in [2.45, 2.75) is 18.7 Å². The van der Waals surface area contributed by atoms with Crippen LogP contribution in [0.5, 0.6) is 0 Å². The van der Waals surface area contributed by atoms with Crippen LogP contribution in [-0.2, 0) is 4.74 Å². The van der Waals surface area contributed by atoms with Crippen LogP contribution in [0, 0.1) is 5.92 Å². The molecule has 1 aliphatic heterocycles. The average molecular weight is 233 g/mol. The summed E-state index contributed by atoms with van der Waals surface area (Å²) in [5.41, 5.74) is 0. The first-order chi connectivity index (χ1) is 5.04. The summed E-state index contributed by atoms with van der Waals surface area (Å²) in [6.07, 6.45) is -4.26. The van der Waals surface area contributed by atoms with Crippen LogP contribution in [0.15, 0.2) is 0 Å². The molecule has 0 aromatic carbocycles.